The van der Waals surface area contributed by atoms with Gasteiger partial charge in [0.25, 0.3) is 5.91 Å². The summed E-state index contributed by atoms with van der Waals surface area (Å²) in [6.45, 7) is 1.33. The molecule has 0 radical (unpaired) electrons. The van der Waals surface area contributed by atoms with Crippen LogP contribution in [-0.2, 0) is 0 Å². The van der Waals surface area contributed by atoms with Crippen molar-refractivity contribution in [3.63, 3.8) is 0 Å². The highest BCUT2D eigenvalue weighted by molar-refractivity contribution is 5.97. The second-order valence-electron chi connectivity index (χ2n) is 6.92. The van der Waals surface area contributed by atoms with Gasteiger partial charge in [-0.15, -0.1) is 0 Å². The van der Waals surface area contributed by atoms with Crippen LogP contribution in [0.2, 0.25) is 0 Å². The van der Waals surface area contributed by atoms with E-state index in [9.17, 15) is 9.59 Å². The van der Waals surface area contributed by atoms with Crippen molar-refractivity contribution in [1.82, 2.24) is 9.88 Å². The molecule has 1 aliphatic rings. The number of rotatable bonds is 3. The first-order valence-corrected chi connectivity index (χ1v) is 9.21. The van der Waals surface area contributed by atoms with E-state index in [1.807, 2.05) is 6.07 Å². The number of hydrogen-bond donors (Lipinski definition) is 1. The van der Waals surface area contributed by atoms with Crippen molar-refractivity contribution < 1.29 is 9.53 Å². The van der Waals surface area contributed by atoms with E-state index in [4.69, 9.17) is 4.74 Å². The van der Waals surface area contributed by atoms with Gasteiger partial charge in [-0.05, 0) is 36.5 Å². The van der Waals surface area contributed by atoms with Crippen LogP contribution in [0, 0.1) is 0 Å². The molecule has 27 heavy (non-hydrogen) atoms. The first-order valence-electron chi connectivity index (χ1n) is 9.21. The monoisotopic (exact) mass is 362 g/mol. The minimum absolute atomic E-state index is 0.194. The highest BCUT2D eigenvalue weighted by atomic mass is 16.5. The molecule has 0 saturated carbocycles. The fraction of sp³-hybridized carbons (Fsp3) is 0.273. The lowest BCUT2D eigenvalue weighted by Crippen LogP contribution is -2.39. The number of carbonyl (C=O) groups is 1. The Kier molecular flexibility index (Phi) is 4.67. The Hall–Kier alpha value is -3.08. The maximum atomic E-state index is 12.9. The van der Waals surface area contributed by atoms with Crippen LogP contribution in [0.15, 0.2) is 59.5 Å². The lowest BCUT2D eigenvalue weighted by molar-refractivity contribution is 0.0711. The maximum Gasteiger partial charge on any atom is 0.259 e. The molecular weight excluding hydrogens is 340 g/mol. The molecule has 1 aromatic heterocycles. The van der Waals surface area contributed by atoms with Gasteiger partial charge in [-0.1, -0.05) is 30.3 Å². The second-order valence-corrected chi connectivity index (χ2v) is 6.92. The highest BCUT2D eigenvalue weighted by Gasteiger charge is 2.26. The highest BCUT2D eigenvalue weighted by Crippen LogP contribution is 2.28. The van der Waals surface area contributed by atoms with E-state index in [1.165, 1.54) is 11.8 Å². The first kappa shape index (κ1) is 17.3. The van der Waals surface area contributed by atoms with Gasteiger partial charge in [0.05, 0.1) is 12.6 Å². The SMILES string of the molecule is COc1ccc2c(=O)c(C(=O)N3CCC(c4ccccc4)CC3)c[nH]c2c1. The first-order chi connectivity index (χ1) is 13.2. The van der Waals surface area contributed by atoms with E-state index < -0.39 is 0 Å². The summed E-state index contributed by atoms with van der Waals surface area (Å²) in [5, 5.41) is 0.501. The van der Waals surface area contributed by atoms with E-state index in [1.54, 1.807) is 30.2 Å². The van der Waals surface area contributed by atoms with Crippen molar-refractivity contribution in [2.75, 3.05) is 20.2 Å². The Morgan fingerprint density at radius 2 is 1.85 bits per heavy atom. The number of aromatic nitrogens is 1. The van der Waals surface area contributed by atoms with Crippen LogP contribution in [0.4, 0.5) is 0 Å². The molecule has 2 aromatic carbocycles. The maximum absolute atomic E-state index is 12.9. The molecule has 0 spiro atoms. The number of hydrogen-bond acceptors (Lipinski definition) is 3. The van der Waals surface area contributed by atoms with Crippen LogP contribution in [0.3, 0.4) is 0 Å². The quantitative estimate of drug-likeness (QED) is 0.775. The summed E-state index contributed by atoms with van der Waals surface area (Å²) in [7, 11) is 1.58. The molecule has 0 atom stereocenters. The summed E-state index contributed by atoms with van der Waals surface area (Å²) in [6.07, 6.45) is 3.35. The van der Waals surface area contributed by atoms with Gasteiger partial charge in [0.2, 0.25) is 5.43 Å². The molecule has 1 N–H and O–H groups in total. The number of benzene rings is 2. The molecule has 3 aromatic rings. The second kappa shape index (κ2) is 7.27. The number of likely N-dealkylation sites (tertiary alicyclic amines) is 1. The zero-order valence-electron chi connectivity index (χ0n) is 15.3. The van der Waals surface area contributed by atoms with Crippen LogP contribution in [0.5, 0.6) is 5.75 Å². The average molecular weight is 362 g/mol. The Balaban J connectivity index is 1.53. The smallest absolute Gasteiger partial charge is 0.259 e. The molecule has 0 aliphatic carbocycles. The zero-order valence-corrected chi connectivity index (χ0v) is 15.3. The number of piperidine rings is 1. The molecule has 138 valence electrons. The van der Waals surface area contributed by atoms with Crippen LogP contribution < -0.4 is 10.2 Å². The molecule has 1 amide bonds. The molecule has 1 aliphatic heterocycles. The molecular formula is C22H22N2O3. The predicted molar refractivity (Wildman–Crippen MR) is 105 cm³/mol. The third kappa shape index (κ3) is 3.33. The molecule has 0 unspecified atom stereocenters. The fourth-order valence-corrected chi connectivity index (χ4v) is 3.80. The summed E-state index contributed by atoms with van der Waals surface area (Å²) in [5.74, 6) is 0.943. The van der Waals surface area contributed by atoms with E-state index in [-0.39, 0.29) is 16.9 Å². The lowest BCUT2D eigenvalue weighted by atomic mass is 9.89. The van der Waals surface area contributed by atoms with Gasteiger partial charge in [-0.3, -0.25) is 9.59 Å². The Bertz CT molecular complexity index is 1020. The number of methoxy groups -OCH3 is 1. The lowest BCUT2D eigenvalue weighted by Gasteiger charge is -2.32. The van der Waals surface area contributed by atoms with Gasteiger partial charge in [0, 0.05) is 30.7 Å². The molecule has 5 heteroatoms. The standard InChI is InChI=1S/C22H22N2O3/c1-27-17-7-8-18-20(13-17)23-14-19(21(18)25)22(26)24-11-9-16(10-12-24)15-5-3-2-4-6-15/h2-8,13-14,16H,9-12H2,1H3,(H,23,25). The Labute approximate surface area is 157 Å². The topological polar surface area (TPSA) is 62.4 Å². The summed E-state index contributed by atoms with van der Waals surface area (Å²) in [5.41, 5.74) is 1.95. The number of fused-ring (bicyclic) bond motifs is 1. The van der Waals surface area contributed by atoms with Crippen molar-refractivity contribution in [3.8, 4) is 5.75 Å². The largest absolute Gasteiger partial charge is 0.497 e. The van der Waals surface area contributed by atoms with E-state index in [0.29, 0.717) is 35.7 Å². The van der Waals surface area contributed by atoms with Crippen LogP contribution >= 0.6 is 0 Å². The third-order valence-corrected chi connectivity index (χ3v) is 5.37. The van der Waals surface area contributed by atoms with Crippen molar-refractivity contribution in [1.29, 1.82) is 0 Å². The molecule has 1 fully saturated rings. The number of nitrogens with zero attached hydrogens (tertiary/aromatic N) is 1. The van der Waals surface area contributed by atoms with Crippen molar-refractivity contribution in [2.24, 2.45) is 0 Å². The van der Waals surface area contributed by atoms with Gasteiger partial charge in [-0.2, -0.15) is 0 Å². The summed E-state index contributed by atoms with van der Waals surface area (Å²) in [4.78, 5) is 30.6. The van der Waals surface area contributed by atoms with E-state index in [2.05, 4.69) is 29.2 Å². The normalized spacial score (nSPS) is 15.1. The Morgan fingerprint density at radius 1 is 1.11 bits per heavy atom. The van der Waals surface area contributed by atoms with Gasteiger partial charge in [0.15, 0.2) is 0 Å². The number of ether oxygens (including phenoxy) is 1. The van der Waals surface area contributed by atoms with Crippen LogP contribution in [0.1, 0.15) is 34.7 Å². The van der Waals surface area contributed by atoms with E-state index >= 15 is 0 Å². The van der Waals surface area contributed by atoms with Crippen molar-refractivity contribution >= 4 is 16.8 Å². The number of nitrogens with one attached hydrogen (secondary N) is 1. The Morgan fingerprint density at radius 3 is 2.56 bits per heavy atom. The van der Waals surface area contributed by atoms with Crippen LogP contribution in [-0.4, -0.2) is 36.0 Å². The summed E-state index contributed by atoms with van der Waals surface area (Å²) < 4.78 is 5.18. The van der Waals surface area contributed by atoms with Gasteiger partial charge in [0.1, 0.15) is 11.3 Å². The molecule has 2 heterocycles. The third-order valence-electron chi connectivity index (χ3n) is 5.37. The summed E-state index contributed by atoms with van der Waals surface area (Å²) in [6, 6.07) is 15.6. The van der Waals surface area contributed by atoms with Gasteiger partial charge in [-0.25, -0.2) is 0 Å². The number of aromatic amines is 1. The van der Waals surface area contributed by atoms with Gasteiger partial charge >= 0.3 is 0 Å². The molecule has 1 saturated heterocycles. The minimum atomic E-state index is -0.235. The average Bonchev–Trinajstić information content (AvgIpc) is 2.74. The zero-order chi connectivity index (χ0) is 18.8. The summed E-state index contributed by atoms with van der Waals surface area (Å²) >= 11 is 0. The number of carbonyl (C=O) groups excluding carboxylic acids is 1. The number of H-pyrrole nitrogens is 1. The minimum Gasteiger partial charge on any atom is -0.497 e. The number of amides is 1. The molecule has 0 bridgehead atoms. The van der Waals surface area contributed by atoms with Crippen LogP contribution in [0.25, 0.3) is 10.9 Å². The number of pyridine rings is 1. The fourth-order valence-electron chi connectivity index (χ4n) is 3.80. The molecule has 4 rings (SSSR count). The van der Waals surface area contributed by atoms with Crippen molar-refractivity contribution in [3.05, 3.63) is 76.1 Å². The van der Waals surface area contributed by atoms with Gasteiger partial charge < -0.3 is 14.6 Å². The molecule has 5 nitrogen and oxygen atoms in total. The van der Waals surface area contributed by atoms with E-state index in [0.717, 1.165) is 12.8 Å². The predicted octanol–water partition coefficient (Wildman–Crippen LogP) is 3.56. The van der Waals surface area contributed by atoms with Crippen molar-refractivity contribution in [2.45, 2.75) is 18.8 Å².